The molecule has 0 N–H and O–H groups in total. The zero-order valence-electron chi connectivity index (χ0n) is 17.0. The molecular formula is C22H28O8. The number of ether oxygens (including phenoxy) is 6. The molecule has 30 heavy (non-hydrogen) atoms. The SMILES string of the molecule is O=C1OCCOCCOCCOCCOCCOC(=O)C1=C/C=C/c1ccccc1. The zero-order chi connectivity index (χ0) is 21.3. The Morgan fingerprint density at radius 1 is 0.600 bits per heavy atom. The number of hydrogen-bond acceptors (Lipinski definition) is 8. The molecule has 0 amide bonds. The Bertz CT molecular complexity index is 652. The van der Waals surface area contributed by atoms with E-state index in [4.69, 9.17) is 28.4 Å². The number of allylic oxidation sites excluding steroid dienone is 2. The van der Waals surface area contributed by atoms with Crippen LogP contribution in [0.1, 0.15) is 5.56 Å². The lowest BCUT2D eigenvalue weighted by molar-refractivity contribution is -0.148. The van der Waals surface area contributed by atoms with Gasteiger partial charge in [-0.2, -0.15) is 0 Å². The number of rotatable bonds is 2. The van der Waals surface area contributed by atoms with Crippen LogP contribution in [-0.2, 0) is 38.0 Å². The van der Waals surface area contributed by atoms with Gasteiger partial charge in [0.15, 0.2) is 0 Å². The van der Waals surface area contributed by atoms with Gasteiger partial charge in [-0.3, -0.25) is 0 Å². The first-order valence-corrected chi connectivity index (χ1v) is 9.86. The van der Waals surface area contributed by atoms with Crippen LogP contribution in [0.5, 0.6) is 0 Å². The zero-order valence-corrected chi connectivity index (χ0v) is 17.0. The minimum absolute atomic E-state index is 0.0120. The van der Waals surface area contributed by atoms with Crippen LogP contribution in [0.25, 0.3) is 6.08 Å². The largest absolute Gasteiger partial charge is 0.459 e. The normalized spacial score (nSPS) is 19.3. The van der Waals surface area contributed by atoms with Gasteiger partial charge in [-0.25, -0.2) is 9.59 Å². The third-order valence-corrected chi connectivity index (χ3v) is 3.83. The van der Waals surface area contributed by atoms with Crippen LogP contribution in [0.15, 0.2) is 48.1 Å². The van der Waals surface area contributed by atoms with Gasteiger partial charge < -0.3 is 28.4 Å². The average molecular weight is 420 g/mol. The van der Waals surface area contributed by atoms with Crippen molar-refractivity contribution in [3.8, 4) is 0 Å². The van der Waals surface area contributed by atoms with Gasteiger partial charge in [0.1, 0.15) is 18.8 Å². The van der Waals surface area contributed by atoms with E-state index in [9.17, 15) is 9.59 Å². The second kappa shape index (κ2) is 15.3. The maximum atomic E-state index is 12.4. The number of hydrogen-bond donors (Lipinski definition) is 0. The molecule has 164 valence electrons. The topological polar surface area (TPSA) is 89.5 Å². The Morgan fingerprint density at radius 3 is 1.50 bits per heavy atom. The van der Waals surface area contributed by atoms with Gasteiger partial charge in [0.25, 0.3) is 0 Å². The van der Waals surface area contributed by atoms with Crippen molar-refractivity contribution in [2.75, 3.05) is 66.1 Å². The lowest BCUT2D eigenvalue weighted by Crippen LogP contribution is -2.21. The van der Waals surface area contributed by atoms with E-state index < -0.39 is 11.9 Å². The van der Waals surface area contributed by atoms with E-state index in [1.54, 1.807) is 12.2 Å². The van der Waals surface area contributed by atoms with Gasteiger partial charge in [0.05, 0.1) is 52.9 Å². The Labute approximate surface area is 176 Å². The van der Waals surface area contributed by atoms with Crippen LogP contribution < -0.4 is 0 Å². The summed E-state index contributed by atoms with van der Waals surface area (Å²) in [5.41, 5.74) is 0.727. The van der Waals surface area contributed by atoms with Crippen molar-refractivity contribution in [2.24, 2.45) is 0 Å². The number of carbonyl (C=O) groups is 2. The van der Waals surface area contributed by atoms with Gasteiger partial charge in [0, 0.05) is 0 Å². The molecule has 1 aliphatic rings. The highest BCUT2D eigenvalue weighted by Crippen LogP contribution is 2.06. The van der Waals surface area contributed by atoms with E-state index in [1.807, 2.05) is 30.3 Å². The third kappa shape index (κ3) is 10.3. The van der Waals surface area contributed by atoms with E-state index in [2.05, 4.69) is 0 Å². The van der Waals surface area contributed by atoms with Gasteiger partial charge >= 0.3 is 11.9 Å². The van der Waals surface area contributed by atoms with Gasteiger partial charge in [-0.1, -0.05) is 42.5 Å². The average Bonchev–Trinajstić information content (AvgIpc) is 2.76. The smallest absolute Gasteiger partial charge is 0.345 e. The van der Waals surface area contributed by atoms with Crippen molar-refractivity contribution in [1.29, 1.82) is 0 Å². The molecular weight excluding hydrogens is 392 g/mol. The molecule has 1 aliphatic heterocycles. The molecule has 2 rings (SSSR count). The summed E-state index contributed by atoms with van der Waals surface area (Å²) in [5, 5.41) is 0. The molecule has 8 nitrogen and oxygen atoms in total. The molecule has 0 spiro atoms. The van der Waals surface area contributed by atoms with Crippen LogP contribution in [0, 0.1) is 0 Å². The first-order valence-electron chi connectivity index (χ1n) is 9.86. The Balaban J connectivity index is 1.96. The van der Waals surface area contributed by atoms with Crippen molar-refractivity contribution >= 4 is 18.0 Å². The Hall–Kier alpha value is -2.52. The number of benzene rings is 1. The van der Waals surface area contributed by atoms with E-state index in [-0.39, 0.29) is 32.0 Å². The highest BCUT2D eigenvalue weighted by Gasteiger charge is 2.20. The summed E-state index contributed by atoms with van der Waals surface area (Å²) in [6.07, 6.45) is 4.75. The van der Waals surface area contributed by atoms with E-state index in [0.717, 1.165) is 5.56 Å². The molecule has 0 aliphatic carbocycles. The summed E-state index contributed by atoms with van der Waals surface area (Å²) in [5.74, 6) is -1.55. The fraction of sp³-hybridized carbons (Fsp3) is 0.455. The molecule has 1 aromatic rings. The molecule has 0 atom stereocenters. The van der Waals surface area contributed by atoms with E-state index in [0.29, 0.717) is 39.6 Å². The molecule has 0 saturated carbocycles. The predicted octanol–water partition coefficient (Wildman–Crippen LogP) is 1.79. The van der Waals surface area contributed by atoms with Gasteiger partial charge in [-0.15, -0.1) is 0 Å². The summed E-state index contributed by atoms with van der Waals surface area (Å²) in [6.45, 7) is 2.89. The molecule has 1 heterocycles. The van der Waals surface area contributed by atoms with E-state index in [1.165, 1.54) is 6.08 Å². The molecule has 0 aromatic heterocycles. The Morgan fingerprint density at radius 2 is 1.03 bits per heavy atom. The standard InChI is InChI=1S/C22H28O8/c23-21-20(8-4-7-19-5-2-1-3-6-19)22(24)30-18-16-28-14-12-26-10-9-25-11-13-27-15-17-29-21/h1-8H,9-18H2/b7-4+. The lowest BCUT2D eigenvalue weighted by Gasteiger charge is -2.09. The second-order valence-electron chi connectivity index (χ2n) is 6.07. The summed E-state index contributed by atoms with van der Waals surface area (Å²) in [7, 11) is 0. The van der Waals surface area contributed by atoms with Crippen molar-refractivity contribution in [1.82, 2.24) is 0 Å². The predicted molar refractivity (Wildman–Crippen MR) is 109 cm³/mol. The molecule has 0 bridgehead atoms. The maximum absolute atomic E-state index is 12.4. The van der Waals surface area contributed by atoms with Crippen molar-refractivity contribution in [3.63, 3.8) is 0 Å². The van der Waals surface area contributed by atoms with Crippen LogP contribution in [0.2, 0.25) is 0 Å². The number of esters is 2. The fourth-order valence-electron chi connectivity index (χ4n) is 2.34. The highest BCUT2D eigenvalue weighted by atomic mass is 16.6. The number of cyclic esters (lactones) is 2. The Kier molecular flexibility index (Phi) is 12.1. The van der Waals surface area contributed by atoms with Crippen LogP contribution >= 0.6 is 0 Å². The van der Waals surface area contributed by atoms with Crippen molar-refractivity contribution in [2.45, 2.75) is 0 Å². The molecule has 1 saturated heterocycles. The minimum atomic E-state index is -0.773. The first kappa shape index (κ1) is 23.8. The lowest BCUT2D eigenvalue weighted by atomic mass is 10.2. The summed E-state index contributed by atoms with van der Waals surface area (Å²) in [4.78, 5) is 24.7. The van der Waals surface area contributed by atoms with Gasteiger partial charge in [-0.05, 0) is 11.6 Å². The van der Waals surface area contributed by atoms with Gasteiger partial charge in [0.2, 0.25) is 0 Å². The summed E-state index contributed by atoms with van der Waals surface area (Å²) >= 11 is 0. The second-order valence-corrected chi connectivity index (χ2v) is 6.07. The monoisotopic (exact) mass is 420 g/mol. The van der Waals surface area contributed by atoms with Crippen molar-refractivity contribution < 1.29 is 38.0 Å². The molecule has 0 unspecified atom stereocenters. The minimum Gasteiger partial charge on any atom is -0.459 e. The number of carbonyl (C=O) groups excluding carboxylic acids is 2. The maximum Gasteiger partial charge on any atom is 0.345 e. The molecule has 8 heteroatoms. The summed E-state index contributed by atoms with van der Waals surface area (Å²) < 4.78 is 31.6. The molecule has 1 aromatic carbocycles. The van der Waals surface area contributed by atoms with Crippen molar-refractivity contribution in [3.05, 3.63) is 53.6 Å². The third-order valence-electron chi connectivity index (χ3n) is 3.83. The van der Waals surface area contributed by atoms with Crippen LogP contribution in [0.3, 0.4) is 0 Å². The summed E-state index contributed by atoms with van der Waals surface area (Å²) in [6, 6.07) is 9.49. The molecule has 0 radical (unpaired) electrons. The van der Waals surface area contributed by atoms with Crippen LogP contribution in [-0.4, -0.2) is 78.0 Å². The first-order chi connectivity index (χ1) is 14.8. The quantitative estimate of drug-likeness (QED) is 0.407. The molecule has 1 fully saturated rings. The van der Waals surface area contributed by atoms with Crippen LogP contribution in [0.4, 0.5) is 0 Å². The van der Waals surface area contributed by atoms with E-state index >= 15 is 0 Å². The highest BCUT2D eigenvalue weighted by molar-refractivity contribution is 6.14. The fourth-order valence-corrected chi connectivity index (χ4v) is 2.34.